The Labute approximate surface area is 129 Å². The average molecular weight is 301 g/mol. The zero-order valence-corrected chi connectivity index (χ0v) is 12.8. The first-order valence-corrected chi connectivity index (χ1v) is 7.61. The minimum atomic E-state index is -0.351. The van der Waals surface area contributed by atoms with Crippen LogP contribution in [0.2, 0.25) is 0 Å². The zero-order valence-electron chi connectivity index (χ0n) is 12.8. The molecular weight excluding hydrogens is 281 g/mol. The average Bonchev–Trinajstić information content (AvgIpc) is 3.15. The Morgan fingerprint density at radius 2 is 2.23 bits per heavy atom. The van der Waals surface area contributed by atoms with Gasteiger partial charge in [-0.05, 0) is 43.0 Å². The summed E-state index contributed by atoms with van der Waals surface area (Å²) in [6.07, 6.45) is 4.32. The van der Waals surface area contributed by atoms with Gasteiger partial charge in [0.25, 0.3) is 0 Å². The van der Waals surface area contributed by atoms with Gasteiger partial charge in [0, 0.05) is 18.9 Å². The number of amides is 1. The van der Waals surface area contributed by atoms with Crippen LogP contribution >= 0.6 is 0 Å². The Morgan fingerprint density at radius 3 is 2.91 bits per heavy atom. The molecule has 0 saturated carbocycles. The minimum Gasteiger partial charge on any atom is -0.334 e. The molecule has 0 aliphatic carbocycles. The summed E-state index contributed by atoms with van der Waals surface area (Å²) in [6.45, 7) is 4.67. The van der Waals surface area contributed by atoms with E-state index in [4.69, 9.17) is 0 Å². The molecule has 1 aromatic heterocycles. The maximum atomic E-state index is 13.5. The Kier molecular flexibility index (Phi) is 3.96. The summed E-state index contributed by atoms with van der Waals surface area (Å²) < 4.78 is 15.2. The van der Waals surface area contributed by atoms with Gasteiger partial charge in [-0.3, -0.25) is 9.48 Å². The highest BCUT2D eigenvalue weighted by Gasteiger charge is 2.36. The van der Waals surface area contributed by atoms with E-state index in [0.717, 1.165) is 12.0 Å². The van der Waals surface area contributed by atoms with E-state index in [-0.39, 0.29) is 23.8 Å². The fourth-order valence-electron chi connectivity index (χ4n) is 3.18. The largest absolute Gasteiger partial charge is 0.334 e. The molecule has 1 saturated heterocycles. The lowest BCUT2D eigenvalue weighted by Crippen LogP contribution is -2.36. The number of halogens is 1. The first-order chi connectivity index (χ1) is 10.6. The van der Waals surface area contributed by atoms with Crippen LogP contribution in [-0.4, -0.2) is 27.1 Å². The van der Waals surface area contributed by atoms with Crippen LogP contribution in [0.3, 0.4) is 0 Å². The zero-order chi connectivity index (χ0) is 15.7. The second-order valence-corrected chi connectivity index (χ2v) is 6.06. The molecule has 0 bridgehead atoms. The van der Waals surface area contributed by atoms with E-state index in [2.05, 4.69) is 12.0 Å². The standard InChI is InChI=1S/C17H20FN3O/c1-12-9-16(14-5-3-6-15(18)10-14)20(11-12)17(22)13(2)21-8-4-7-19-21/h3-8,10,12-13,16H,9,11H2,1-2H3/t12-,13+,16+/m1/s1. The molecular formula is C17H20FN3O. The third-order valence-electron chi connectivity index (χ3n) is 4.31. The van der Waals surface area contributed by atoms with Gasteiger partial charge >= 0.3 is 0 Å². The van der Waals surface area contributed by atoms with Gasteiger partial charge in [-0.1, -0.05) is 19.1 Å². The molecule has 1 amide bonds. The molecule has 5 heteroatoms. The topological polar surface area (TPSA) is 38.1 Å². The van der Waals surface area contributed by atoms with Gasteiger partial charge in [0.1, 0.15) is 11.9 Å². The predicted molar refractivity (Wildman–Crippen MR) is 81.6 cm³/mol. The molecule has 1 aliphatic rings. The monoisotopic (exact) mass is 301 g/mol. The third-order valence-corrected chi connectivity index (χ3v) is 4.31. The minimum absolute atomic E-state index is 0.0299. The summed E-state index contributed by atoms with van der Waals surface area (Å²) in [5, 5.41) is 4.15. The van der Waals surface area contributed by atoms with E-state index >= 15 is 0 Å². The van der Waals surface area contributed by atoms with Gasteiger partial charge in [0.2, 0.25) is 5.91 Å². The normalized spacial score (nSPS) is 22.8. The number of carbonyl (C=O) groups excluding carboxylic acids is 1. The molecule has 2 heterocycles. The van der Waals surface area contributed by atoms with Crippen molar-refractivity contribution in [1.82, 2.24) is 14.7 Å². The quantitative estimate of drug-likeness (QED) is 0.873. The Bertz CT molecular complexity index is 656. The van der Waals surface area contributed by atoms with E-state index in [1.165, 1.54) is 12.1 Å². The highest BCUT2D eigenvalue weighted by atomic mass is 19.1. The van der Waals surface area contributed by atoms with Crippen LogP contribution in [0.1, 0.15) is 37.9 Å². The van der Waals surface area contributed by atoms with E-state index in [9.17, 15) is 9.18 Å². The molecule has 1 fully saturated rings. The number of carbonyl (C=O) groups is 1. The van der Waals surface area contributed by atoms with Crippen molar-refractivity contribution in [3.63, 3.8) is 0 Å². The Balaban J connectivity index is 1.86. The number of rotatable bonds is 3. The molecule has 3 rings (SSSR count). The number of benzene rings is 1. The maximum absolute atomic E-state index is 13.5. The fourth-order valence-corrected chi connectivity index (χ4v) is 3.18. The Morgan fingerprint density at radius 1 is 1.41 bits per heavy atom. The van der Waals surface area contributed by atoms with Crippen LogP contribution in [0.5, 0.6) is 0 Å². The van der Waals surface area contributed by atoms with Gasteiger partial charge in [0.15, 0.2) is 0 Å². The molecule has 0 unspecified atom stereocenters. The van der Waals surface area contributed by atoms with E-state index in [0.29, 0.717) is 12.5 Å². The van der Waals surface area contributed by atoms with Gasteiger partial charge < -0.3 is 4.90 Å². The molecule has 4 nitrogen and oxygen atoms in total. The van der Waals surface area contributed by atoms with Crippen molar-refractivity contribution in [1.29, 1.82) is 0 Å². The molecule has 2 aromatic rings. The van der Waals surface area contributed by atoms with Gasteiger partial charge in [0.05, 0.1) is 6.04 Å². The van der Waals surface area contributed by atoms with Crippen molar-refractivity contribution in [2.75, 3.05) is 6.54 Å². The second kappa shape index (κ2) is 5.91. The molecule has 3 atom stereocenters. The summed E-state index contributed by atoms with van der Waals surface area (Å²) in [4.78, 5) is 14.7. The van der Waals surface area contributed by atoms with Crippen molar-refractivity contribution in [3.8, 4) is 0 Å². The lowest BCUT2D eigenvalue weighted by molar-refractivity contribution is -0.135. The predicted octanol–water partition coefficient (Wildman–Crippen LogP) is 3.19. The highest BCUT2D eigenvalue weighted by Crippen LogP contribution is 2.36. The molecule has 0 N–H and O–H groups in total. The number of aromatic nitrogens is 2. The molecule has 1 aliphatic heterocycles. The van der Waals surface area contributed by atoms with Crippen molar-refractivity contribution >= 4 is 5.91 Å². The number of hydrogen-bond donors (Lipinski definition) is 0. The smallest absolute Gasteiger partial charge is 0.247 e. The third kappa shape index (κ3) is 2.75. The highest BCUT2D eigenvalue weighted by molar-refractivity contribution is 5.80. The Hall–Kier alpha value is -2.17. The summed E-state index contributed by atoms with van der Waals surface area (Å²) in [6, 6.07) is 7.95. The summed E-state index contributed by atoms with van der Waals surface area (Å²) in [5.74, 6) is 0.175. The van der Waals surface area contributed by atoms with Crippen LogP contribution in [0.15, 0.2) is 42.7 Å². The summed E-state index contributed by atoms with van der Waals surface area (Å²) in [7, 11) is 0. The van der Waals surface area contributed by atoms with E-state index < -0.39 is 0 Å². The molecule has 116 valence electrons. The number of hydrogen-bond acceptors (Lipinski definition) is 2. The molecule has 22 heavy (non-hydrogen) atoms. The lowest BCUT2D eigenvalue weighted by atomic mass is 10.0. The lowest BCUT2D eigenvalue weighted by Gasteiger charge is -2.28. The summed E-state index contributed by atoms with van der Waals surface area (Å²) >= 11 is 0. The van der Waals surface area contributed by atoms with Crippen LogP contribution < -0.4 is 0 Å². The SMILES string of the molecule is C[C@@H]1C[C@@H](c2cccc(F)c2)N(C(=O)[C@H](C)n2cccn2)C1. The van der Waals surface area contributed by atoms with Crippen LogP contribution in [0, 0.1) is 11.7 Å². The van der Waals surface area contributed by atoms with Gasteiger partial charge in [-0.15, -0.1) is 0 Å². The number of nitrogens with zero attached hydrogens (tertiary/aromatic N) is 3. The fraction of sp³-hybridized carbons (Fsp3) is 0.412. The van der Waals surface area contributed by atoms with Crippen molar-refractivity contribution < 1.29 is 9.18 Å². The molecule has 0 radical (unpaired) electrons. The molecule has 0 spiro atoms. The van der Waals surface area contributed by atoms with Crippen molar-refractivity contribution in [2.24, 2.45) is 5.92 Å². The van der Waals surface area contributed by atoms with Gasteiger partial charge in [-0.25, -0.2) is 4.39 Å². The first-order valence-electron chi connectivity index (χ1n) is 7.61. The van der Waals surface area contributed by atoms with Crippen LogP contribution in [-0.2, 0) is 4.79 Å². The van der Waals surface area contributed by atoms with E-state index in [1.807, 2.05) is 17.9 Å². The van der Waals surface area contributed by atoms with Crippen molar-refractivity contribution in [2.45, 2.75) is 32.4 Å². The van der Waals surface area contributed by atoms with Crippen LogP contribution in [0.4, 0.5) is 4.39 Å². The van der Waals surface area contributed by atoms with E-state index in [1.54, 1.807) is 29.2 Å². The van der Waals surface area contributed by atoms with Crippen LogP contribution in [0.25, 0.3) is 0 Å². The van der Waals surface area contributed by atoms with Crippen molar-refractivity contribution in [3.05, 3.63) is 54.1 Å². The number of likely N-dealkylation sites (tertiary alicyclic amines) is 1. The second-order valence-electron chi connectivity index (χ2n) is 6.06. The first kappa shape index (κ1) is 14.8. The molecule has 1 aromatic carbocycles. The summed E-state index contributed by atoms with van der Waals surface area (Å²) in [5.41, 5.74) is 0.866. The maximum Gasteiger partial charge on any atom is 0.247 e. The van der Waals surface area contributed by atoms with Gasteiger partial charge in [-0.2, -0.15) is 5.10 Å².